The maximum atomic E-state index is 13.5. The molecule has 3 aliphatic rings. The van der Waals surface area contributed by atoms with Crippen LogP contribution in [0.25, 0.3) is 0 Å². The van der Waals surface area contributed by atoms with Crippen LogP contribution in [0.2, 0.25) is 0 Å². The highest BCUT2D eigenvalue weighted by molar-refractivity contribution is 7.89. The van der Waals surface area contributed by atoms with Crippen LogP contribution in [-0.2, 0) is 21.3 Å². The van der Waals surface area contributed by atoms with E-state index >= 15 is 0 Å². The van der Waals surface area contributed by atoms with E-state index < -0.39 is 10.0 Å². The summed E-state index contributed by atoms with van der Waals surface area (Å²) in [4.78, 5) is 2.65. The van der Waals surface area contributed by atoms with Crippen LogP contribution in [0.5, 0.6) is 11.5 Å². The van der Waals surface area contributed by atoms with Gasteiger partial charge in [0.1, 0.15) is 13.2 Å². The molecule has 2 atom stereocenters. The predicted octanol–water partition coefficient (Wildman–Crippen LogP) is 2.37. The molecule has 2 fully saturated rings. The molecule has 0 aromatic heterocycles. The monoisotopic (exact) mass is 444 g/mol. The molecule has 2 aromatic carbocycles. The topological polar surface area (TPSA) is 68.3 Å². The molecule has 0 radical (unpaired) electrons. The molecule has 0 N–H and O–H groups in total. The first kappa shape index (κ1) is 20.8. The van der Waals surface area contributed by atoms with Crippen LogP contribution in [-0.4, -0.2) is 69.7 Å². The molecule has 0 saturated carbocycles. The summed E-state index contributed by atoms with van der Waals surface area (Å²) in [5.41, 5.74) is 1.23. The lowest BCUT2D eigenvalue weighted by atomic mass is 9.92. The molecular formula is C23H28N2O5S. The van der Waals surface area contributed by atoms with Gasteiger partial charge < -0.3 is 14.2 Å². The van der Waals surface area contributed by atoms with Crippen LogP contribution in [0.4, 0.5) is 0 Å². The highest BCUT2D eigenvalue weighted by Crippen LogP contribution is 2.35. The summed E-state index contributed by atoms with van der Waals surface area (Å²) in [5, 5.41) is 0. The van der Waals surface area contributed by atoms with E-state index in [0.29, 0.717) is 56.9 Å². The molecule has 166 valence electrons. The van der Waals surface area contributed by atoms with Gasteiger partial charge in [-0.2, -0.15) is 4.31 Å². The van der Waals surface area contributed by atoms with Gasteiger partial charge >= 0.3 is 0 Å². The van der Waals surface area contributed by atoms with Crippen molar-refractivity contribution in [3.63, 3.8) is 0 Å². The van der Waals surface area contributed by atoms with Gasteiger partial charge in [-0.05, 0) is 24.1 Å². The second-order valence-corrected chi connectivity index (χ2v) is 10.3. The number of hydrogen-bond donors (Lipinski definition) is 0. The summed E-state index contributed by atoms with van der Waals surface area (Å²) < 4.78 is 45.6. The van der Waals surface area contributed by atoms with E-state index in [2.05, 4.69) is 17.0 Å². The number of ether oxygens (including phenoxy) is 3. The minimum Gasteiger partial charge on any atom is -0.486 e. The van der Waals surface area contributed by atoms with Crippen molar-refractivity contribution in [1.29, 1.82) is 0 Å². The van der Waals surface area contributed by atoms with E-state index in [-0.39, 0.29) is 10.9 Å². The Morgan fingerprint density at radius 1 is 0.935 bits per heavy atom. The van der Waals surface area contributed by atoms with Gasteiger partial charge in [-0.25, -0.2) is 8.42 Å². The van der Waals surface area contributed by atoms with Crippen molar-refractivity contribution in [1.82, 2.24) is 9.21 Å². The quantitative estimate of drug-likeness (QED) is 0.721. The molecule has 5 rings (SSSR count). The van der Waals surface area contributed by atoms with Gasteiger partial charge in [0.05, 0.1) is 18.1 Å². The minimum absolute atomic E-state index is 0.128. The van der Waals surface area contributed by atoms with E-state index in [4.69, 9.17) is 14.2 Å². The summed E-state index contributed by atoms with van der Waals surface area (Å²) in [6.07, 6.45) is 0.791. The van der Waals surface area contributed by atoms with Gasteiger partial charge in [-0.3, -0.25) is 4.90 Å². The number of fused-ring (bicyclic) bond motifs is 2. The van der Waals surface area contributed by atoms with Gasteiger partial charge in [0.25, 0.3) is 0 Å². The average Bonchev–Trinajstić information content (AvgIpc) is 3.01. The average molecular weight is 445 g/mol. The molecule has 0 bridgehead atoms. The summed E-state index contributed by atoms with van der Waals surface area (Å²) in [7, 11) is -3.62. The highest BCUT2D eigenvalue weighted by Gasteiger charge is 2.39. The zero-order chi connectivity index (χ0) is 21.3. The van der Waals surface area contributed by atoms with Crippen molar-refractivity contribution in [2.45, 2.75) is 23.9 Å². The normalized spacial score (nSPS) is 24.9. The molecule has 7 nitrogen and oxygen atoms in total. The molecule has 3 aliphatic heterocycles. The van der Waals surface area contributed by atoms with Crippen LogP contribution >= 0.6 is 0 Å². The Morgan fingerprint density at radius 3 is 2.58 bits per heavy atom. The van der Waals surface area contributed by atoms with E-state index in [1.807, 2.05) is 18.2 Å². The van der Waals surface area contributed by atoms with Gasteiger partial charge in [0.2, 0.25) is 10.0 Å². The first-order valence-corrected chi connectivity index (χ1v) is 12.3. The summed E-state index contributed by atoms with van der Waals surface area (Å²) >= 11 is 0. The van der Waals surface area contributed by atoms with Crippen LogP contribution in [0.15, 0.2) is 53.4 Å². The number of nitrogens with zero attached hydrogens (tertiary/aromatic N) is 2. The minimum atomic E-state index is -3.62. The largest absolute Gasteiger partial charge is 0.486 e. The maximum absolute atomic E-state index is 13.5. The zero-order valence-electron chi connectivity index (χ0n) is 17.5. The second kappa shape index (κ2) is 8.78. The highest BCUT2D eigenvalue weighted by atomic mass is 32.2. The molecular weight excluding hydrogens is 416 g/mol. The van der Waals surface area contributed by atoms with E-state index in [9.17, 15) is 8.42 Å². The number of hydrogen-bond acceptors (Lipinski definition) is 6. The van der Waals surface area contributed by atoms with Crippen LogP contribution in [0.3, 0.4) is 0 Å². The maximum Gasteiger partial charge on any atom is 0.243 e. The van der Waals surface area contributed by atoms with E-state index in [1.54, 1.807) is 22.5 Å². The number of benzene rings is 2. The summed E-state index contributed by atoms with van der Waals surface area (Å²) in [6.45, 7) is 4.84. The standard InChI is InChI=1S/C23H28N2O5S/c26-31(27,20-6-7-22-23(14-20)30-13-12-29-22)25-9-8-19-17-28-11-10-24(21(19)16-25)15-18-4-2-1-3-5-18/h1-7,14,19,21H,8-13,15-17H2/t19-,21-/m1/s1. The Balaban J connectivity index is 1.38. The predicted molar refractivity (Wildman–Crippen MR) is 116 cm³/mol. The van der Waals surface area contributed by atoms with Crippen molar-refractivity contribution in [3.05, 3.63) is 54.1 Å². The van der Waals surface area contributed by atoms with Crippen LogP contribution in [0, 0.1) is 5.92 Å². The lowest BCUT2D eigenvalue weighted by Crippen LogP contribution is -2.54. The van der Waals surface area contributed by atoms with Gasteiger partial charge in [-0.1, -0.05) is 30.3 Å². The van der Waals surface area contributed by atoms with Gasteiger partial charge in [0.15, 0.2) is 11.5 Å². The third-order valence-corrected chi connectivity index (χ3v) is 8.25. The van der Waals surface area contributed by atoms with Gasteiger partial charge in [0, 0.05) is 44.2 Å². The van der Waals surface area contributed by atoms with Crippen molar-refractivity contribution in [2.24, 2.45) is 5.92 Å². The number of rotatable bonds is 4. The molecule has 0 spiro atoms. The molecule has 0 unspecified atom stereocenters. The first-order chi connectivity index (χ1) is 15.1. The van der Waals surface area contributed by atoms with Crippen molar-refractivity contribution >= 4 is 10.0 Å². The first-order valence-electron chi connectivity index (χ1n) is 10.9. The third-order valence-electron chi connectivity index (χ3n) is 6.39. The molecule has 0 amide bonds. The van der Waals surface area contributed by atoms with Gasteiger partial charge in [-0.15, -0.1) is 0 Å². The lowest BCUT2D eigenvalue weighted by molar-refractivity contribution is 0.0766. The Labute approximate surface area is 183 Å². The van der Waals surface area contributed by atoms with Crippen LogP contribution in [0.1, 0.15) is 12.0 Å². The Kier molecular flexibility index (Phi) is 5.88. The molecule has 0 aliphatic carbocycles. The Hall–Kier alpha value is -2.13. The molecule has 2 saturated heterocycles. The lowest BCUT2D eigenvalue weighted by Gasteiger charge is -2.42. The van der Waals surface area contributed by atoms with Crippen LogP contribution < -0.4 is 9.47 Å². The fraction of sp³-hybridized carbons (Fsp3) is 0.478. The SMILES string of the molecule is O=S(=O)(c1ccc2c(c1)OCCO2)N1CC[C@@H]2COCCN(Cc3ccccc3)[C@@H]2C1. The fourth-order valence-electron chi connectivity index (χ4n) is 4.71. The van der Waals surface area contributed by atoms with Crippen molar-refractivity contribution < 1.29 is 22.6 Å². The molecule has 3 heterocycles. The molecule has 31 heavy (non-hydrogen) atoms. The van der Waals surface area contributed by atoms with Crippen molar-refractivity contribution in [3.8, 4) is 11.5 Å². The van der Waals surface area contributed by atoms with E-state index in [0.717, 1.165) is 19.5 Å². The summed E-state index contributed by atoms with van der Waals surface area (Å²) in [5.74, 6) is 1.42. The summed E-state index contributed by atoms with van der Waals surface area (Å²) in [6, 6.07) is 15.4. The van der Waals surface area contributed by atoms with E-state index in [1.165, 1.54) is 5.56 Å². The third kappa shape index (κ3) is 4.30. The smallest absolute Gasteiger partial charge is 0.243 e. The molecule has 8 heteroatoms. The van der Waals surface area contributed by atoms with Crippen molar-refractivity contribution in [2.75, 3.05) is 46.1 Å². The second-order valence-electron chi connectivity index (χ2n) is 8.32. The molecule has 2 aromatic rings. The Morgan fingerprint density at radius 2 is 1.74 bits per heavy atom. The fourth-order valence-corrected chi connectivity index (χ4v) is 6.20. The number of sulfonamides is 1. The number of piperidine rings is 1. The Bertz CT molecular complexity index is 1010. The zero-order valence-corrected chi connectivity index (χ0v) is 18.3.